The van der Waals surface area contributed by atoms with Crippen molar-refractivity contribution in [1.82, 2.24) is 0 Å². The third kappa shape index (κ3) is 6.19. The number of nitrogens with one attached hydrogen (secondary N) is 1. The molecule has 0 atom stereocenters. The first kappa shape index (κ1) is 18.5. The largest absolute Gasteiger partial charge is 0.493 e. The fourth-order valence-corrected chi connectivity index (χ4v) is 2.57. The molecule has 0 unspecified atom stereocenters. The Kier molecular flexibility index (Phi) is 6.47. The van der Waals surface area contributed by atoms with Gasteiger partial charge in [-0.25, -0.2) is 0 Å². The van der Waals surface area contributed by atoms with Gasteiger partial charge in [0.1, 0.15) is 18.1 Å². The lowest BCUT2D eigenvalue weighted by Crippen LogP contribution is -2.15. The van der Waals surface area contributed by atoms with Crippen molar-refractivity contribution < 1.29 is 14.3 Å². The van der Waals surface area contributed by atoms with Crippen LogP contribution in [0.2, 0.25) is 0 Å². The first-order valence-corrected chi connectivity index (χ1v) is 8.95. The van der Waals surface area contributed by atoms with Crippen LogP contribution in [0.5, 0.6) is 11.5 Å². The Morgan fingerprint density at radius 1 is 0.852 bits per heavy atom. The Labute approximate surface area is 159 Å². The number of ether oxygens (including phenoxy) is 2. The minimum Gasteiger partial charge on any atom is -0.493 e. The number of amides is 1. The molecule has 138 valence electrons. The summed E-state index contributed by atoms with van der Waals surface area (Å²) >= 11 is 0. The van der Waals surface area contributed by atoms with Crippen LogP contribution in [0.15, 0.2) is 78.9 Å². The van der Waals surface area contributed by atoms with E-state index in [1.54, 1.807) is 0 Å². The van der Waals surface area contributed by atoms with Gasteiger partial charge >= 0.3 is 0 Å². The molecule has 3 aromatic rings. The fraction of sp³-hybridized carbons (Fsp3) is 0.174. The summed E-state index contributed by atoms with van der Waals surface area (Å²) in [5, 5.41) is 2.87. The summed E-state index contributed by atoms with van der Waals surface area (Å²) in [5.74, 6) is 1.46. The van der Waals surface area contributed by atoms with Crippen LogP contribution in [-0.4, -0.2) is 12.5 Å². The van der Waals surface area contributed by atoms with E-state index in [0.717, 1.165) is 28.3 Å². The first-order valence-electron chi connectivity index (χ1n) is 8.95. The molecule has 4 heteroatoms. The zero-order valence-corrected chi connectivity index (χ0v) is 15.4. The van der Waals surface area contributed by atoms with Crippen LogP contribution < -0.4 is 14.8 Å². The highest BCUT2D eigenvalue weighted by Crippen LogP contribution is 2.17. The minimum absolute atomic E-state index is 0.0828. The Bertz CT molecular complexity index is 860. The van der Waals surface area contributed by atoms with Crippen molar-refractivity contribution in [2.45, 2.75) is 20.0 Å². The van der Waals surface area contributed by atoms with Crippen molar-refractivity contribution in [1.29, 1.82) is 0 Å². The third-order valence-electron chi connectivity index (χ3n) is 3.97. The van der Waals surface area contributed by atoms with Crippen LogP contribution in [0.1, 0.15) is 17.5 Å². The number of benzene rings is 3. The second-order valence-corrected chi connectivity index (χ2v) is 6.26. The summed E-state index contributed by atoms with van der Waals surface area (Å²) in [6.07, 6.45) is 0.292. The predicted molar refractivity (Wildman–Crippen MR) is 107 cm³/mol. The van der Waals surface area contributed by atoms with E-state index in [2.05, 4.69) is 5.32 Å². The van der Waals surface area contributed by atoms with Crippen LogP contribution in [0.25, 0.3) is 0 Å². The maximum atomic E-state index is 12.0. The zero-order chi connectivity index (χ0) is 18.9. The van der Waals surface area contributed by atoms with Crippen molar-refractivity contribution in [3.8, 4) is 11.5 Å². The smallest absolute Gasteiger partial charge is 0.227 e. The molecule has 4 nitrogen and oxygen atoms in total. The van der Waals surface area contributed by atoms with Gasteiger partial charge < -0.3 is 14.8 Å². The van der Waals surface area contributed by atoms with Crippen LogP contribution in [0, 0.1) is 6.92 Å². The van der Waals surface area contributed by atoms with Gasteiger partial charge in [-0.15, -0.1) is 0 Å². The van der Waals surface area contributed by atoms with E-state index in [-0.39, 0.29) is 5.91 Å². The monoisotopic (exact) mass is 361 g/mol. The molecule has 0 spiro atoms. The average molecular weight is 361 g/mol. The molecular formula is C23H23NO3. The molecule has 0 aromatic heterocycles. The van der Waals surface area contributed by atoms with E-state index in [0.29, 0.717) is 19.6 Å². The molecule has 0 radical (unpaired) electrons. The number of hydrogen-bond acceptors (Lipinski definition) is 3. The van der Waals surface area contributed by atoms with Crippen LogP contribution in [-0.2, 0) is 11.4 Å². The van der Waals surface area contributed by atoms with Crippen LogP contribution in [0.4, 0.5) is 5.69 Å². The predicted octanol–water partition coefficient (Wildman–Crippen LogP) is 4.98. The van der Waals surface area contributed by atoms with Gasteiger partial charge in [-0.1, -0.05) is 42.5 Å². The summed E-state index contributed by atoms with van der Waals surface area (Å²) in [6, 6.07) is 25.1. The van der Waals surface area contributed by atoms with Gasteiger partial charge in [-0.3, -0.25) is 4.79 Å². The number of rotatable bonds is 8. The topological polar surface area (TPSA) is 47.6 Å². The maximum Gasteiger partial charge on any atom is 0.227 e. The van der Waals surface area contributed by atoms with Crippen LogP contribution >= 0.6 is 0 Å². The van der Waals surface area contributed by atoms with Crippen LogP contribution in [0.3, 0.4) is 0 Å². The normalized spacial score (nSPS) is 10.3. The van der Waals surface area contributed by atoms with Gasteiger partial charge in [0.15, 0.2) is 0 Å². The van der Waals surface area contributed by atoms with Crippen molar-refractivity contribution in [3.05, 3.63) is 90.0 Å². The molecule has 3 rings (SSSR count). The first-order chi connectivity index (χ1) is 13.2. The molecule has 0 aliphatic carbocycles. The molecule has 0 fully saturated rings. The van der Waals surface area contributed by atoms with Gasteiger partial charge in [-0.2, -0.15) is 0 Å². The summed E-state index contributed by atoms with van der Waals surface area (Å²) in [6.45, 7) is 2.86. The molecule has 1 amide bonds. The molecule has 0 aliphatic rings. The summed E-state index contributed by atoms with van der Waals surface area (Å²) in [4.78, 5) is 12.0. The van der Waals surface area contributed by atoms with E-state index in [4.69, 9.17) is 9.47 Å². The Hall–Kier alpha value is -3.27. The minimum atomic E-state index is -0.0828. The van der Waals surface area contributed by atoms with E-state index in [9.17, 15) is 4.79 Å². The summed E-state index contributed by atoms with van der Waals surface area (Å²) in [7, 11) is 0. The Morgan fingerprint density at radius 2 is 1.63 bits per heavy atom. The highest BCUT2D eigenvalue weighted by molar-refractivity contribution is 5.90. The lowest BCUT2D eigenvalue weighted by atomic mass is 10.2. The lowest BCUT2D eigenvalue weighted by molar-refractivity contribution is -0.116. The van der Waals surface area contributed by atoms with Gasteiger partial charge in [0.2, 0.25) is 5.91 Å². The standard InChI is InChI=1S/C23H23NO3/c1-18-6-5-9-22(16-18)26-15-14-23(25)24-20-10-12-21(13-11-20)27-17-19-7-3-2-4-8-19/h2-13,16H,14-15,17H2,1H3,(H,24,25). The third-order valence-corrected chi connectivity index (χ3v) is 3.97. The van der Waals surface area contributed by atoms with Crippen molar-refractivity contribution in [2.24, 2.45) is 0 Å². The molecule has 3 aromatic carbocycles. The number of hydrogen-bond donors (Lipinski definition) is 1. The van der Waals surface area contributed by atoms with Crippen molar-refractivity contribution in [3.63, 3.8) is 0 Å². The van der Waals surface area contributed by atoms with E-state index < -0.39 is 0 Å². The number of anilines is 1. The SMILES string of the molecule is Cc1cccc(OCCC(=O)Nc2ccc(OCc3ccccc3)cc2)c1. The highest BCUT2D eigenvalue weighted by atomic mass is 16.5. The average Bonchev–Trinajstić information content (AvgIpc) is 2.68. The zero-order valence-electron chi connectivity index (χ0n) is 15.4. The van der Waals surface area contributed by atoms with E-state index >= 15 is 0 Å². The van der Waals surface area contributed by atoms with E-state index in [1.807, 2.05) is 85.8 Å². The Balaban J connectivity index is 1.41. The second kappa shape index (κ2) is 9.43. The molecule has 1 N–H and O–H groups in total. The second-order valence-electron chi connectivity index (χ2n) is 6.26. The molecule has 27 heavy (non-hydrogen) atoms. The molecule has 0 heterocycles. The molecular weight excluding hydrogens is 338 g/mol. The van der Waals surface area contributed by atoms with Crippen molar-refractivity contribution in [2.75, 3.05) is 11.9 Å². The highest BCUT2D eigenvalue weighted by Gasteiger charge is 2.04. The van der Waals surface area contributed by atoms with Gasteiger partial charge in [0, 0.05) is 5.69 Å². The molecule has 0 aliphatic heterocycles. The van der Waals surface area contributed by atoms with Gasteiger partial charge in [0.05, 0.1) is 13.0 Å². The van der Waals surface area contributed by atoms with Gasteiger partial charge in [0.25, 0.3) is 0 Å². The summed E-state index contributed by atoms with van der Waals surface area (Å²) < 4.78 is 11.4. The quantitative estimate of drug-likeness (QED) is 0.615. The Morgan fingerprint density at radius 3 is 2.37 bits per heavy atom. The van der Waals surface area contributed by atoms with Crippen molar-refractivity contribution >= 4 is 11.6 Å². The maximum absolute atomic E-state index is 12.0. The molecule has 0 saturated heterocycles. The lowest BCUT2D eigenvalue weighted by Gasteiger charge is -2.09. The van der Waals surface area contributed by atoms with Gasteiger partial charge in [-0.05, 0) is 54.4 Å². The fourth-order valence-electron chi connectivity index (χ4n) is 2.57. The number of aryl methyl sites for hydroxylation is 1. The summed E-state index contributed by atoms with van der Waals surface area (Å²) in [5.41, 5.74) is 2.98. The molecule has 0 saturated carbocycles. The molecule has 0 bridgehead atoms. The van der Waals surface area contributed by atoms with E-state index in [1.165, 1.54) is 0 Å². The number of carbonyl (C=O) groups is 1. The number of carbonyl (C=O) groups excluding carboxylic acids is 1.